The van der Waals surface area contributed by atoms with Crippen LogP contribution in [0.5, 0.6) is 0 Å². The SMILES string of the molecule is Cc1ccc(C=CCNC(=O)OCc2ccccc2)cc1F. The molecule has 3 nitrogen and oxygen atoms in total. The predicted octanol–water partition coefficient (Wildman–Crippen LogP) is 4.07. The summed E-state index contributed by atoms with van der Waals surface area (Å²) in [7, 11) is 0. The van der Waals surface area contributed by atoms with Gasteiger partial charge in [0.2, 0.25) is 0 Å². The molecule has 0 bridgehead atoms. The summed E-state index contributed by atoms with van der Waals surface area (Å²) in [6.07, 6.45) is 3.01. The molecule has 2 aromatic rings. The molecule has 0 saturated heterocycles. The van der Waals surface area contributed by atoms with Crippen LogP contribution in [0.2, 0.25) is 0 Å². The quantitative estimate of drug-likeness (QED) is 0.903. The zero-order valence-corrected chi connectivity index (χ0v) is 12.4. The maximum Gasteiger partial charge on any atom is 0.407 e. The lowest BCUT2D eigenvalue weighted by molar-refractivity contribution is 0.141. The number of carbonyl (C=O) groups excluding carboxylic acids is 1. The van der Waals surface area contributed by atoms with Gasteiger partial charge in [-0.2, -0.15) is 0 Å². The van der Waals surface area contributed by atoms with Crippen LogP contribution in [0.25, 0.3) is 6.08 Å². The van der Waals surface area contributed by atoms with Crippen LogP contribution in [0.15, 0.2) is 54.6 Å². The molecule has 1 N–H and O–H groups in total. The number of benzene rings is 2. The number of rotatable bonds is 5. The van der Waals surface area contributed by atoms with Crippen LogP contribution in [0.1, 0.15) is 16.7 Å². The molecule has 0 aliphatic heterocycles. The minimum atomic E-state index is -0.483. The summed E-state index contributed by atoms with van der Waals surface area (Å²) in [6.45, 7) is 2.27. The molecule has 2 aromatic carbocycles. The van der Waals surface area contributed by atoms with E-state index in [1.165, 1.54) is 6.07 Å². The maximum absolute atomic E-state index is 13.4. The Morgan fingerprint density at radius 1 is 1.23 bits per heavy atom. The van der Waals surface area contributed by atoms with Gasteiger partial charge in [0.25, 0.3) is 0 Å². The fourth-order valence-electron chi connectivity index (χ4n) is 1.82. The van der Waals surface area contributed by atoms with Crippen molar-refractivity contribution in [2.24, 2.45) is 0 Å². The van der Waals surface area contributed by atoms with E-state index in [0.29, 0.717) is 12.1 Å². The lowest BCUT2D eigenvalue weighted by Gasteiger charge is -2.05. The second kappa shape index (κ2) is 7.98. The topological polar surface area (TPSA) is 38.3 Å². The van der Waals surface area contributed by atoms with E-state index >= 15 is 0 Å². The van der Waals surface area contributed by atoms with E-state index in [1.807, 2.05) is 36.4 Å². The number of alkyl carbamates (subject to hydrolysis) is 1. The van der Waals surface area contributed by atoms with Gasteiger partial charge >= 0.3 is 6.09 Å². The van der Waals surface area contributed by atoms with Crippen molar-refractivity contribution in [3.63, 3.8) is 0 Å². The van der Waals surface area contributed by atoms with Crippen molar-refractivity contribution in [3.05, 3.63) is 77.1 Å². The average molecular weight is 299 g/mol. The highest BCUT2D eigenvalue weighted by Crippen LogP contribution is 2.10. The monoisotopic (exact) mass is 299 g/mol. The minimum Gasteiger partial charge on any atom is -0.445 e. The number of halogens is 1. The molecule has 2 rings (SSSR count). The third-order valence-corrected chi connectivity index (χ3v) is 3.08. The lowest BCUT2D eigenvalue weighted by Crippen LogP contribution is -2.24. The molecule has 0 spiro atoms. The molecule has 0 atom stereocenters. The normalized spacial score (nSPS) is 10.6. The summed E-state index contributed by atoms with van der Waals surface area (Å²) in [5.41, 5.74) is 2.30. The van der Waals surface area contributed by atoms with E-state index in [2.05, 4.69) is 5.32 Å². The molecule has 22 heavy (non-hydrogen) atoms. The number of nitrogens with one attached hydrogen (secondary N) is 1. The third-order valence-electron chi connectivity index (χ3n) is 3.08. The Morgan fingerprint density at radius 2 is 2.00 bits per heavy atom. The van der Waals surface area contributed by atoms with Gasteiger partial charge in [0.15, 0.2) is 0 Å². The molecule has 1 amide bonds. The molecule has 0 radical (unpaired) electrons. The average Bonchev–Trinajstić information content (AvgIpc) is 2.54. The van der Waals surface area contributed by atoms with Crippen molar-refractivity contribution in [1.82, 2.24) is 5.32 Å². The van der Waals surface area contributed by atoms with Gasteiger partial charge in [-0.15, -0.1) is 0 Å². The molecule has 0 heterocycles. The van der Waals surface area contributed by atoms with Gasteiger partial charge in [-0.25, -0.2) is 9.18 Å². The largest absolute Gasteiger partial charge is 0.445 e. The Balaban J connectivity index is 1.72. The van der Waals surface area contributed by atoms with E-state index in [0.717, 1.165) is 11.1 Å². The maximum atomic E-state index is 13.4. The summed E-state index contributed by atoms with van der Waals surface area (Å²) in [4.78, 5) is 11.5. The Kier molecular flexibility index (Phi) is 5.72. The zero-order valence-electron chi connectivity index (χ0n) is 12.4. The van der Waals surface area contributed by atoms with Crippen LogP contribution in [-0.2, 0) is 11.3 Å². The molecule has 0 fully saturated rings. The number of ether oxygens (including phenoxy) is 1. The van der Waals surface area contributed by atoms with Crippen molar-refractivity contribution in [2.75, 3.05) is 6.54 Å². The first-order valence-corrected chi connectivity index (χ1v) is 7.02. The van der Waals surface area contributed by atoms with Crippen LogP contribution < -0.4 is 5.32 Å². The fraction of sp³-hybridized carbons (Fsp3) is 0.167. The van der Waals surface area contributed by atoms with Gasteiger partial charge in [0.1, 0.15) is 12.4 Å². The van der Waals surface area contributed by atoms with Crippen molar-refractivity contribution in [1.29, 1.82) is 0 Å². The van der Waals surface area contributed by atoms with E-state index in [4.69, 9.17) is 4.74 Å². The highest BCUT2D eigenvalue weighted by Gasteiger charge is 2.00. The number of amides is 1. The van der Waals surface area contributed by atoms with E-state index in [9.17, 15) is 9.18 Å². The van der Waals surface area contributed by atoms with Crippen molar-refractivity contribution in [2.45, 2.75) is 13.5 Å². The molecule has 114 valence electrons. The van der Waals surface area contributed by atoms with Gasteiger partial charge in [0.05, 0.1) is 0 Å². The van der Waals surface area contributed by atoms with Crippen LogP contribution in [0.4, 0.5) is 9.18 Å². The highest BCUT2D eigenvalue weighted by molar-refractivity contribution is 5.67. The van der Waals surface area contributed by atoms with Gasteiger partial charge in [-0.3, -0.25) is 0 Å². The smallest absolute Gasteiger partial charge is 0.407 e. The first-order chi connectivity index (χ1) is 10.6. The van der Waals surface area contributed by atoms with Crippen LogP contribution >= 0.6 is 0 Å². The molecule has 0 aliphatic carbocycles. The standard InChI is InChI=1S/C18H18FNO2/c1-14-9-10-15(12-17(14)19)8-5-11-20-18(21)22-13-16-6-3-2-4-7-16/h2-10,12H,11,13H2,1H3,(H,20,21). The summed E-state index contributed by atoms with van der Waals surface area (Å²) in [5, 5.41) is 2.61. The Labute approximate surface area is 129 Å². The number of hydrogen-bond acceptors (Lipinski definition) is 2. The Hall–Kier alpha value is -2.62. The summed E-state index contributed by atoms with van der Waals surface area (Å²) < 4.78 is 18.4. The first kappa shape index (κ1) is 15.8. The molecular formula is C18H18FNO2. The molecular weight excluding hydrogens is 281 g/mol. The van der Waals surface area contributed by atoms with Gasteiger partial charge < -0.3 is 10.1 Å². The van der Waals surface area contributed by atoms with Gasteiger partial charge in [0, 0.05) is 6.54 Å². The number of carbonyl (C=O) groups is 1. The minimum absolute atomic E-state index is 0.236. The summed E-state index contributed by atoms with van der Waals surface area (Å²) in [5.74, 6) is -0.239. The van der Waals surface area contributed by atoms with E-state index in [1.54, 1.807) is 25.1 Å². The van der Waals surface area contributed by atoms with E-state index < -0.39 is 6.09 Å². The molecule has 0 aliphatic rings. The van der Waals surface area contributed by atoms with Gasteiger partial charge in [-0.05, 0) is 29.7 Å². The third kappa shape index (κ3) is 5.05. The summed E-state index contributed by atoms with van der Waals surface area (Å²) >= 11 is 0. The number of aryl methyl sites for hydroxylation is 1. The van der Waals surface area contributed by atoms with E-state index in [-0.39, 0.29) is 12.4 Å². The van der Waals surface area contributed by atoms with Gasteiger partial charge in [-0.1, -0.05) is 54.6 Å². The Morgan fingerprint density at radius 3 is 2.73 bits per heavy atom. The van der Waals surface area contributed by atoms with Crippen LogP contribution in [-0.4, -0.2) is 12.6 Å². The molecule has 0 aromatic heterocycles. The zero-order chi connectivity index (χ0) is 15.8. The molecule has 0 unspecified atom stereocenters. The number of hydrogen-bond donors (Lipinski definition) is 1. The highest BCUT2D eigenvalue weighted by atomic mass is 19.1. The molecule has 4 heteroatoms. The van der Waals surface area contributed by atoms with Crippen LogP contribution in [0, 0.1) is 12.7 Å². The second-order valence-corrected chi connectivity index (χ2v) is 4.85. The predicted molar refractivity (Wildman–Crippen MR) is 84.8 cm³/mol. The lowest BCUT2D eigenvalue weighted by atomic mass is 10.1. The van der Waals surface area contributed by atoms with Crippen molar-refractivity contribution >= 4 is 12.2 Å². The second-order valence-electron chi connectivity index (χ2n) is 4.85. The molecule has 0 saturated carbocycles. The van der Waals surface area contributed by atoms with Crippen molar-refractivity contribution < 1.29 is 13.9 Å². The first-order valence-electron chi connectivity index (χ1n) is 7.02. The van der Waals surface area contributed by atoms with Crippen LogP contribution in [0.3, 0.4) is 0 Å². The fourth-order valence-corrected chi connectivity index (χ4v) is 1.82. The summed E-state index contributed by atoms with van der Waals surface area (Å²) in [6, 6.07) is 14.5. The Bertz CT molecular complexity index is 653. The van der Waals surface area contributed by atoms with Crippen molar-refractivity contribution in [3.8, 4) is 0 Å².